The number of carbonyl (C=O) groups is 2. The summed E-state index contributed by atoms with van der Waals surface area (Å²) in [4.78, 5) is 23.8. The number of carboxylic acids is 1. The first-order valence-corrected chi connectivity index (χ1v) is 5.62. The van der Waals surface area contributed by atoms with Crippen molar-refractivity contribution in [2.75, 3.05) is 31.1 Å². The Balaban J connectivity index is 1.98. The quantitative estimate of drug-likeness (QED) is 0.791. The number of nitrogens with zero attached hydrogens (tertiary/aromatic N) is 1. The van der Waals surface area contributed by atoms with Gasteiger partial charge in [0.1, 0.15) is 18.9 Å². The van der Waals surface area contributed by atoms with Crippen molar-refractivity contribution < 1.29 is 19.4 Å². The number of carboxylic acid groups (broad SMARTS) is 1. The van der Waals surface area contributed by atoms with Crippen molar-refractivity contribution >= 4 is 17.6 Å². The fourth-order valence-corrected chi connectivity index (χ4v) is 1.79. The van der Waals surface area contributed by atoms with Crippen LogP contribution in [0.4, 0.5) is 5.69 Å². The highest BCUT2D eigenvalue weighted by Gasteiger charge is 2.19. The largest absolute Gasteiger partial charge is 0.490 e. The number of para-hydroxylation sites is 2. The van der Waals surface area contributed by atoms with Crippen molar-refractivity contribution in [1.29, 1.82) is 0 Å². The Morgan fingerprint density at radius 1 is 1.39 bits per heavy atom. The number of hydrogen-bond acceptors (Lipinski definition) is 4. The predicted octanol–water partition coefficient (Wildman–Crippen LogP) is 0.0862. The lowest BCUT2D eigenvalue weighted by Gasteiger charge is -2.30. The molecule has 6 nitrogen and oxygen atoms in total. The van der Waals surface area contributed by atoms with Gasteiger partial charge in [0.15, 0.2) is 0 Å². The average Bonchev–Trinajstić information content (AvgIpc) is 2.37. The van der Waals surface area contributed by atoms with E-state index < -0.39 is 5.97 Å². The van der Waals surface area contributed by atoms with Crippen LogP contribution in [-0.4, -0.2) is 43.2 Å². The fourth-order valence-electron chi connectivity index (χ4n) is 1.79. The third-order valence-corrected chi connectivity index (χ3v) is 2.60. The van der Waals surface area contributed by atoms with Crippen LogP contribution < -0.4 is 15.0 Å². The minimum atomic E-state index is -1.05. The first-order valence-electron chi connectivity index (χ1n) is 5.62. The summed E-state index contributed by atoms with van der Waals surface area (Å²) in [5, 5.41) is 10.8. The lowest BCUT2D eigenvalue weighted by atomic mass is 10.2. The number of anilines is 1. The SMILES string of the molecule is O=C(O)CNC(=O)CN1CCOc2ccccc21. The maximum absolute atomic E-state index is 11.6. The summed E-state index contributed by atoms with van der Waals surface area (Å²) in [6.45, 7) is 0.902. The van der Waals surface area contributed by atoms with E-state index in [-0.39, 0.29) is 19.0 Å². The molecule has 2 N–H and O–H groups in total. The summed E-state index contributed by atoms with van der Waals surface area (Å²) in [6.07, 6.45) is 0. The first-order chi connectivity index (χ1) is 8.66. The van der Waals surface area contributed by atoms with Crippen molar-refractivity contribution in [2.45, 2.75) is 0 Å². The molecule has 1 amide bonds. The second-order valence-corrected chi connectivity index (χ2v) is 3.91. The number of amides is 1. The van der Waals surface area contributed by atoms with E-state index in [1.807, 2.05) is 29.2 Å². The van der Waals surface area contributed by atoms with Crippen LogP contribution in [0.1, 0.15) is 0 Å². The van der Waals surface area contributed by atoms with Gasteiger partial charge in [0.2, 0.25) is 5.91 Å². The molecule has 0 unspecified atom stereocenters. The van der Waals surface area contributed by atoms with Crippen molar-refractivity contribution in [2.24, 2.45) is 0 Å². The highest BCUT2D eigenvalue weighted by Crippen LogP contribution is 2.30. The summed E-state index contributed by atoms with van der Waals surface area (Å²) < 4.78 is 5.47. The van der Waals surface area contributed by atoms with E-state index in [4.69, 9.17) is 9.84 Å². The van der Waals surface area contributed by atoms with E-state index in [1.54, 1.807) is 0 Å². The van der Waals surface area contributed by atoms with Crippen LogP contribution in [0.5, 0.6) is 5.75 Å². The minimum absolute atomic E-state index is 0.133. The fraction of sp³-hybridized carbons (Fsp3) is 0.333. The van der Waals surface area contributed by atoms with Crippen molar-refractivity contribution in [3.63, 3.8) is 0 Å². The van der Waals surface area contributed by atoms with Crippen LogP contribution in [0.15, 0.2) is 24.3 Å². The van der Waals surface area contributed by atoms with Gasteiger partial charge in [0.05, 0.1) is 18.8 Å². The molecule has 0 bridgehead atoms. The second kappa shape index (κ2) is 5.39. The van der Waals surface area contributed by atoms with Crippen molar-refractivity contribution in [3.8, 4) is 5.75 Å². The Kier molecular flexibility index (Phi) is 3.66. The van der Waals surface area contributed by atoms with Gasteiger partial charge in [-0.3, -0.25) is 9.59 Å². The summed E-state index contributed by atoms with van der Waals surface area (Å²) in [5.41, 5.74) is 0.856. The molecule has 1 heterocycles. The zero-order valence-corrected chi connectivity index (χ0v) is 9.76. The average molecular weight is 250 g/mol. The van der Waals surface area contributed by atoms with Crippen molar-refractivity contribution in [3.05, 3.63) is 24.3 Å². The molecule has 6 heteroatoms. The monoisotopic (exact) mass is 250 g/mol. The number of benzene rings is 1. The predicted molar refractivity (Wildman–Crippen MR) is 64.8 cm³/mol. The number of hydrogen-bond donors (Lipinski definition) is 2. The topological polar surface area (TPSA) is 78.9 Å². The summed E-state index contributed by atoms with van der Waals surface area (Å²) in [6, 6.07) is 7.46. The number of aliphatic carboxylic acids is 1. The zero-order chi connectivity index (χ0) is 13.0. The molecule has 1 aromatic carbocycles. The van der Waals surface area contributed by atoms with E-state index in [9.17, 15) is 9.59 Å². The molecule has 96 valence electrons. The molecular formula is C12H14N2O4. The third kappa shape index (κ3) is 2.91. The van der Waals surface area contributed by atoms with Gasteiger partial charge in [-0.15, -0.1) is 0 Å². The van der Waals surface area contributed by atoms with Gasteiger partial charge in [-0.1, -0.05) is 12.1 Å². The maximum Gasteiger partial charge on any atom is 0.322 e. The first kappa shape index (κ1) is 12.2. The molecule has 0 fully saturated rings. The van der Waals surface area contributed by atoms with Crippen LogP contribution >= 0.6 is 0 Å². The van der Waals surface area contributed by atoms with Gasteiger partial charge < -0.3 is 20.1 Å². The number of nitrogens with one attached hydrogen (secondary N) is 1. The number of carbonyl (C=O) groups excluding carboxylic acids is 1. The lowest BCUT2D eigenvalue weighted by Crippen LogP contribution is -2.42. The standard InChI is InChI=1S/C12H14N2O4/c15-11(13-7-12(16)17)8-14-5-6-18-10-4-2-1-3-9(10)14/h1-4H,5-8H2,(H,13,15)(H,16,17). The maximum atomic E-state index is 11.6. The molecule has 2 rings (SSSR count). The Bertz CT molecular complexity index is 461. The van der Waals surface area contributed by atoms with Gasteiger partial charge in [-0.05, 0) is 12.1 Å². The van der Waals surface area contributed by atoms with E-state index >= 15 is 0 Å². The second-order valence-electron chi connectivity index (χ2n) is 3.91. The zero-order valence-electron chi connectivity index (χ0n) is 9.76. The molecule has 0 aromatic heterocycles. The third-order valence-electron chi connectivity index (χ3n) is 2.60. The molecule has 0 saturated heterocycles. The van der Waals surface area contributed by atoms with Crippen LogP contribution in [0.2, 0.25) is 0 Å². The van der Waals surface area contributed by atoms with Crippen LogP contribution in [0.25, 0.3) is 0 Å². The number of rotatable bonds is 4. The minimum Gasteiger partial charge on any atom is -0.490 e. The molecule has 1 aromatic rings. The van der Waals surface area contributed by atoms with Crippen LogP contribution in [0, 0.1) is 0 Å². The van der Waals surface area contributed by atoms with Crippen LogP contribution in [0.3, 0.4) is 0 Å². The molecule has 0 radical (unpaired) electrons. The highest BCUT2D eigenvalue weighted by molar-refractivity contribution is 5.85. The van der Waals surface area contributed by atoms with Gasteiger partial charge in [0.25, 0.3) is 0 Å². The lowest BCUT2D eigenvalue weighted by molar-refractivity contribution is -0.137. The summed E-state index contributed by atoms with van der Waals surface area (Å²) in [5.74, 6) is -0.616. The van der Waals surface area contributed by atoms with Crippen LogP contribution in [-0.2, 0) is 9.59 Å². The smallest absolute Gasteiger partial charge is 0.322 e. The van der Waals surface area contributed by atoms with E-state index in [0.29, 0.717) is 13.2 Å². The van der Waals surface area contributed by atoms with Gasteiger partial charge in [0, 0.05) is 0 Å². The molecule has 18 heavy (non-hydrogen) atoms. The Morgan fingerprint density at radius 2 is 2.17 bits per heavy atom. The number of fused-ring (bicyclic) bond motifs is 1. The Labute approximate surface area is 104 Å². The van der Waals surface area contributed by atoms with Gasteiger partial charge in [-0.25, -0.2) is 0 Å². The molecule has 0 aliphatic carbocycles. The highest BCUT2D eigenvalue weighted by atomic mass is 16.5. The van der Waals surface area contributed by atoms with Crippen molar-refractivity contribution in [1.82, 2.24) is 5.32 Å². The van der Waals surface area contributed by atoms with E-state index in [2.05, 4.69) is 5.32 Å². The van der Waals surface area contributed by atoms with E-state index in [1.165, 1.54) is 0 Å². The van der Waals surface area contributed by atoms with E-state index in [0.717, 1.165) is 11.4 Å². The molecular weight excluding hydrogens is 236 g/mol. The summed E-state index contributed by atoms with van der Waals surface area (Å²) >= 11 is 0. The molecule has 0 saturated carbocycles. The molecule has 0 atom stereocenters. The van der Waals surface area contributed by atoms with Gasteiger partial charge in [-0.2, -0.15) is 0 Å². The molecule has 0 spiro atoms. The Morgan fingerprint density at radius 3 is 2.94 bits per heavy atom. The summed E-state index contributed by atoms with van der Waals surface area (Å²) in [7, 11) is 0. The molecule has 1 aliphatic rings. The molecule has 1 aliphatic heterocycles. The Hall–Kier alpha value is -2.24. The normalized spacial score (nSPS) is 13.4. The van der Waals surface area contributed by atoms with Gasteiger partial charge >= 0.3 is 5.97 Å². The number of ether oxygens (including phenoxy) is 1.